The Morgan fingerprint density at radius 3 is 1.92 bits per heavy atom. The molecule has 0 saturated carbocycles. The largest absolute Gasteiger partial charge is 1.00 e. The molecule has 118 valence electrons. The number of nitrogens with one attached hydrogen (secondary N) is 1. The molecule has 0 spiro atoms. The number of fused-ring (bicyclic) bond motifs is 3. The van der Waals surface area contributed by atoms with Crippen molar-refractivity contribution in [3.63, 3.8) is 0 Å². The maximum absolute atomic E-state index is 12.3. The van der Waals surface area contributed by atoms with Crippen molar-refractivity contribution in [1.82, 2.24) is 0 Å². The second-order valence-electron chi connectivity index (χ2n) is 6.29. The summed E-state index contributed by atoms with van der Waals surface area (Å²) in [5.41, 5.74) is 2.75. The van der Waals surface area contributed by atoms with Crippen molar-refractivity contribution < 1.29 is 29.0 Å². The Hall–Kier alpha value is -2.79. The molecule has 0 aliphatic heterocycles. The van der Waals surface area contributed by atoms with E-state index in [1.165, 1.54) is 21.5 Å². The quantitative estimate of drug-likeness (QED) is 0.341. The summed E-state index contributed by atoms with van der Waals surface area (Å²) in [7, 11) is 0. The summed E-state index contributed by atoms with van der Waals surface area (Å²) in [6.45, 7) is 0. The maximum atomic E-state index is 12.3. The molecule has 0 aliphatic rings. The van der Waals surface area contributed by atoms with Crippen LogP contribution in [0.4, 0.5) is 0 Å². The second kappa shape index (κ2) is 6.50. The predicted molar refractivity (Wildman–Crippen MR) is 100 cm³/mol. The molecule has 0 fully saturated rings. The van der Waals surface area contributed by atoms with Crippen molar-refractivity contribution in [2.24, 2.45) is 0 Å². The topological polar surface area (TPSA) is 37.2 Å². The van der Waals surface area contributed by atoms with Crippen molar-refractivity contribution in [3.05, 3.63) is 84.9 Å². The second-order valence-corrected chi connectivity index (χ2v) is 6.29. The van der Waals surface area contributed by atoms with Crippen molar-refractivity contribution in [3.8, 4) is 17.0 Å². The average molecular weight is 328 g/mol. The molecule has 4 aromatic carbocycles. The van der Waals surface area contributed by atoms with Crippen LogP contribution < -0.4 is 29.0 Å². The van der Waals surface area contributed by atoms with E-state index in [4.69, 9.17) is 0 Å². The zero-order valence-electron chi connectivity index (χ0n) is 14.5. The Morgan fingerprint density at radius 2 is 1.23 bits per heavy atom. The Labute approximate surface area is 163 Å². The minimum absolute atomic E-state index is 0. The fraction of sp³-hybridized carbons (Fsp3) is 0. The summed E-state index contributed by atoms with van der Waals surface area (Å²) in [4.78, 5) is 3.38. The number of hydrogen-bond acceptors (Lipinski definition) is 1. The van der Waals surface area contributed by atoms with Crippen LogP contribution in [0.25, 0.3) is 43.7 Å². The smallest absolute Gasteiger partial charge is 0.868 e. The molecule has 26 heavy (non-hydrogen) atoms. The molecule has 0 amide bonds. The molecule has 5 aromatic rings. The van der Waals surface area contributed by atoms with E-state index < -0.39 is 0 Å². The minimum Gasteiger partial charge on any atom is -0.868 e. The van der Waals surface area contributed by atoms with Gasteiger partial charge in [0.1, 0.15) is 0 Å². The van der Waals surface area contributed by atoms with E-state index in [1.54, 1.807) is 12.1 Å². The number of aromatic nitrogens is 1. The van der Waals surface area contributed by atoms with Gasteiger partial charge in [0.2, 0.25) is 11.2 Å². The molecule has 5 rings (SSSR count). The normalized spacial score (nSPS) is 10.9. The third-order valence-corrected chi connectivity index (χ3v) is 4.79. The minimum atomic E-state index is 0. The van der Waals surface area contributed by atoms with Gasteiger partial charge in [-0.25, -0.2) is 4.98 Å². The average Bonchev–Trinajstić information content (AvgIpc) is 2.66. The van der Waals surface area contributed by atoms with Gasteiger partial charge in [0.05, 0.1) is 5.56 Å². The molecule has 0 atom stereocenters. The monoisotopic (exact) mass is 328 g/mol. The van der Waals surface area contributed by atoms with Crippen molar-refractivity contribution in [2.75, 3.05) is 0 Å². The first kappa shape index (κ1) is 16.7. The molecular formula is C23H15LiNO+. The van der Waals surface area contributed by atoms with Crippen LogP contribution >= 0.6 is 0 Å². The van der Waals surface area contributed by atoms with Gasteiger partial charge in [0, 0.05) is 11.5 Å². The van der Waals surface area contributed by atoms with Gasteiger partial charge in [-0.1, -0.05) is 60.7 Å². The number of benzene rings is 4. The summed E-state index contributed by atoms with van der Waals surface area (Å²) in [5.74, 6) is 0.0175. The van der Waals surface area contributed by atoms with Gasteiger partial charge in [-0.05, 0) is 45.5 Å². The molecule has 0 aliphatic carbocycles. The van der Waals surface area contributed by atoms with E-state index in [9.17, 15) is 5.11 Å². The van der Waals surface area contributed by atoms with Gasteiger partial charge in [0.25, 0.3) is 0 Å². The van der Waals surface area contributed by atoms with Crippen LogP contribution in [0, 0.1) is 0 Å². The van der Waals surface area contributed by atoms with Gasteiger partial charge in [-0.2, -0.15) is 0 Å². The summed E-state index contributed by atoms with van der Waals surface area (Å²) in [5, 5.41) is 17.9. The van der Waals surface area contributed by atoms with Crippen LogP contribution in [0.1, 0.15) is 0 Å². The molecule has 1 N–H and O–H groups in total. The van der Waals surface area contributed by atoms with E-state index in [0.717, 1.165) is 16.6 Å². The van der Waals surface area contributed by atoms with Gasteiger partial charge < -0.3 is 5.11 Å². The van der Waals surface area contributed by atoms with Crippen LogP contribution in [0.3, 0.4) is 0 Å². The maximum Gasteiger partial charge on any atom is 1.00 e. The molecule has 1 aromatic heterocycles. The Kier molecular flexibility index (Phi) is 4.16. The van der Waals surface area contributed by atoms with Crippen LogP contribution in [-0.2, 0) is 0 Å². The first-order valence-electron chi connectivity index (χ1n) is 8.34. The molecule has 1 heterocycles. The number of rotatable bonds is 1. The van der Waals surface area contributed by atoms with Crippen molar-refractivity contribution >= 4 is 32.4 Å². The zero-order chi connectivity index (χ0) is 16.8. The zero-order valence-corrected chi connectivity index (χ0v) is 14.5. The van der Waals surface area contributed by atoms with Crippen molar-refractivity contribution in [2.45, 2.75) is 0 Å². The van der Waals surface area contributed by atoms with Gasteiger partial charge in [-0.15, -0.1) is 0 Å². The molecule has 0 radical (unpaired) electrons. The molecule has 0 bridgehead atoms. The van der Waals surface area contributed by atoms with E-state index in [-0.39, 0.29) is 24.6 Å². The number of hydrogen-bond donors (Lipinski definition) is 0. The van der Waals surface area contributed by atoms with Crippen LogP contribution in [-0.4, -0.2) is 0 Å². The summed E-state index contributed by atoms with van der Waals surface area (Å²) in [6.07, 6.45) is 0. The Balaban J connectivity index is 0.00000168. The molecular weight excluding hydrogens is 313 g/mol. The van der Waals surface area contributed by atoms with Gasteiger partial charge in [-0.3, -0.25) is 0 Å². The Morgan fingerprint density at radius 1 is 0.615 bits per heavy atom. The number of pyridine rings is 1. The number of aromatic amines is 1. The summed E-state index contributed by atoms with van der Waals surface area (Å²) < 4.78 is 0. The van der Waals surface area contributed by atoms with Gasteiger partial charge in [0.15, 0.2) is 0 Å². The molecule has 3 heteroatoms. The molecule has 0 saturated heterocycles. The third-order valence-electron chi connectivity index (χ3n) is 4.79. The van der Waals surface area contributed by atoms with Crippen molar-refractivity contribution in [1.29, 1.82) is 0 Å². The van der Waals surface area contributed by atoms with E-state index >= 15 is 0 Å². The standard InChI is InChI=1S/C23H15NO.Li/c25-21-11-5-8-15-12-13-20(24-23(15)21)22-18-9-3-1-6-16(18)14-17-7-2-4-10-19(17)22;/h1-14,25H;/q;+1. The Bertz CT molecular complexity index is 1210. The predicted octanol–water partition coefficient (Wildman–Crippen LogP) is 1.70. The van der Waals surface area contributed by atoms with Gasteiger partial charge >= 0.3 is 18.9 Å². The SMILES string of the molecule is [Li+].[O-]c1cccc2ccc(-c3c4ccccc4cc4ccccc34)[nH+]c12. The van der Waals surface area contributed by atoms with Crippen LogP contribution in [0.15, 0.2) is 84.9 Å². The van der Waals surface area contributed by atoms with E-state index in [0.29, 0.717) is 5.52 Å². The first-order chi connectivity index (χ1) is 12.3. The fourth-order valence-electron chi connectivity index (χ4n) is 3.62. The van der Waals surface area contributed by atoms with Crippen LogP contribution in [0.5, 0.6) is 5.75 Å². The first-order valence-corrected chi connectivity index (χ1v) is 8.34. The van der Waals surface area contributed by atoms with Crippen LogP contribution in [0.2, 0.25) is 0 Å². The fourth-order valence-corrected chi connectivity index (χ4v) is 3.62. The number of H-pyrrole nitrogens is 1. The molecule has 2 nitrogen and oxygen atoms in total. The summed E-state index contributed by atoms with van der Waals surface area (Å²) in [6, 6.07) is 28.4. The third kappa shape index (κ3) is 2.56. The molecule has 0 unspecified atom stereocenters. The van der Waals surface area contributed by atoms with E-state index in [2.05, 4.69) is 65.6 Å². The number of para-hydroxylation sites is 1. The summed E-state index contributed by atoms with van der Waals surface area (Å²) >= 11 is 0. The van der Waals surface area contributed by atoms with E-state index in [1.807, 2.05) is 12.1 Å².